The van der Waals surface area contributed by atoms with Gasteiger partial charge in [0, 0.05) is 18.4 Å². The van der Waals surface area contributed by atoms with E-state index in [0.29, 0.717) is 23.9 Å². The molecule has 120 valence electrons. The van der Waals surface area contributed by atoms with Crippen LogP contribution in [0.25, 0.3) is 0 Å². The molecular weight excluding hydrogens is 272 g/mol. The van der Waals surface area contributed by atoms with Crippen molar-refractivity contribution in [3.05, 3.63) is 35.9 Å². The number of nitrogens with zero attached hydrogens (tertiary/aromatic N) is 4. The van der Waals surface area contributed by atoms with E-state index in [-0.39, 0.29) is 0 Å². The van der Waals surface area contributed by atoms with E-state index in [2.05, 4.69) is 66.6 Å². The Labute approximate surface area is 133 Å². The van der Waals surface area contributed by atoms with Crippen molar-refractivity contribution in [2.75, 3.05) is 0 Å². The summed E-state index contributed by atoms with van der Waals surface area (Å²) >= 11 is 0. The maximum Gasteiger partial charge on any atom is 0.0551 e. The van der Waals surface area contributed by atoms with Crippen LogP contribution in [0.2, 0.25) is 0 Å². The molecule has 3 unspecified atom stereocenters. The van der Waals surface area contributed by atoms with Crippen LogP contribution >= 0.6 is 0 Å². The molecule has 0 N–H and O–H groups in total. The smallest absolute Gasteiger partial charge is 0.0551 e. The zero-order valence-corrected chi connectivity index (χ0v) is 14.4. The molecule has 0 aliphatic heterocycles. The van der Waals surface area contributed by atoms with Crippen LogP contribution in [0.15, 0.2) is 24.8 Å². The summed E-state index contributed by atoms with van der Waals surface area (Å²) in [5.41, 5.74) is 2.71. The van der Waals surface area contributed by atoms with Crippen LogP contribution in [0, 0.1) is 5.92 Å². The second-order valence-electron chi connectivity index (χ2n) is 7.46. The average molecular weight is 300 g/mol. The lowest BCUT2D eigenvalue weighted by atomic mass is 9.98. The normalized spacial score (nSPS) is 22.5. The van der Waals surface area contributed by atoms with Gasteiger partial charge in [0.15, 0.2) is 0 Å². The minimum absolute atomic E-state index is 0.438. The third-order valence-corrected chi connectivity index (χ3v) is 4.89. The van der Waals surface area contributed by atoms with E-state index in [1.54, 1.807) is 0 Å². The van der Waals surface area contributed by atoms with Crippen molar-refractivity contribution in [2.24, 2.45) is 5.92 Å². The molecule has 1 aliphatic carbocycles. The van der Waals surface area contributed by atoms with Gasteiger partial charge in [-0.25, -0.2) is 0 Å². The van der Waals surface area contributed by atoms with Crippen LogP contribution in [0.3, 0.4) is 0 Å². The largest absolute Gasteiger partial charge is 0.270 e. The Morgan fingerprint density at radius 1 is 1.05 bits per heavy atom. The van der Waals surface area contributed by atoms with Gasteiger partial charge in [-0.05, 0) is 55.6 Å². The fraction of sp³-hybridized carbons (Fsp3) is 0.667. The molecule has 3 atom stereocenters. The highest BCUT2D eigenvalue weighted by molar-refractivity contribution is 5.14. The van der Waals surface area contributed by atoms with E-state index in [4.69, 9.17) is 0 Å². The van der Waals surface area contributed by atoms with Gasteiger partial charge in [0.1, 0.15) is 0 Å². The highest BCUT2D eigenvalue weighted by Crippen LogP contribution is 2.48. The first-order valence-electron chi connectivity index (χ1n) is 8.53. The van der Waals surface area contributed by atoms with Crippen LogP contribution in [-0.2, 0) is 0 Å². The van der Waals surface area contributed by atoms with Crippen molar-refractivity contribution in [3.63, 3.8) is 0 Å². The summed E-state index contributed by atoms with van der Waals surface area (Å²) in [5, 5.41) is 9.02. The molecule has 1 saturated carbocycles. The average Bonchev–Trinajstić information content (AvgIpc) is 2.95. The molecule has 2 heterocycles. The molecule has 22 heavy (non-hydrogen) atoms. The van der Waals surface area contributed by atoms with Gasteiger partial charge in [-0.3, -0.25) is 9.36 Å². The molecule has 1 aliphatic rings. The molecule has 0 amide bonds. The first-order valence-corrected chi connectivity index (χ1v) is 8.53. The molecule has 2 aromatic heterocycles. The lowest BCUT2D eigenvalue weighted by Crippen LogP contribution is -2.01. The van der Waals surface area contributed by atoms with E-state index in [1.165, 1.54) is 24.0 Å². The summed E-state index contributed by atoms with van der Waals surface area (Å²) in [5.74, 6) is 1.90. The highest BCUT2D eigenvalue weighted by atomic mass is 15.3. The molecule has 4 heteroatoms. The van der Waals surface area contributed by atoms with Crippen molar-refractivity contribution in [3.8, 4) is 0 Å². The second kappa shape index (κ2) is 5.90. The Morgan fingerprint density at radius 2 is 1.77 bits per heavy atom. The minimum atomic E-state index is 0.438. The SMILES string of the molecule is CC(C)c1cnn(C2CC2CC(C)c2cnn(C(C)C)c2)c1. The van der Waals surface area contributed by atoms with Crippen molar-refractivity contribution in [1.82, 2.24) is 19.6 Å². The van der Waals surface area contributed by atoms with Gasteiger partial charge in [-0.15, -0.1) is 0 Å². The summed E-state index contributed by atoms with van der Waals surface area (Å²) in [4.78, 5) is 0. The van der Waals surface area contributed by atoms with Crippen molar-refractivity contribution < 1.29 is 0 Å². The third-order valence-electron chi connectivity index (χ3n) is 4.89. The summed E-state index contributed by atoms with van der Waals surface area (Å²) in [6.45, 7) is 11.1. The monoisotopic (exact) mass is 300 g/mol. The lowest BCUT2D eigenvalue weighted by Gasteiger charge is -2.09. The van der Waals surface area contributed by atoms with Crippen molar-refractivity contribution in [2.45, 2.75) is 71.4 Å². The number of hydrogen-bond donors (Lipinski definition) is 0. The zero-order valence-electron chi connectivity index (χ0n) is 14.4. The molecule has 0 aromatic carbocycles. The zero-order chi connectivity index (χ0) is 15.9. The van der Waals surface area contributed by atoms with Crippen LogP contribution in [-0.4, -0.2) is 19.6 Å². The summed E-state index contributed by atoms with van der Waals surface area (Å²) < 4.78 is 4.24. The maximum atomic E-state index is 4.56. The molecule has 4 nitrogen and oxygen atoms in total. The van der Waals surface area contributed by atoms with Crippen LogP contribution in [0.4, 0.5) is 0 Å². The predicted octanol–water partition coefficient (Wildman–Crippen LogP) is 4.54. The molecule has 3 rings (SSSR count). The Balaban J connectivity index is 1.58. The maximum absolute atomic E-state index is 4.56. The van der Waals surface area contributed by atoms with E-state index in [1.807, 2.05) is 12.4 Å². The Hall–Kier alpha value is -1.58. The van der Waals surface area contributed by atoms with E-state index in [0.717, 1.165) is 5.92 Å². The molecule has 1 fully saturated rings. The van der Waals surface area contributed by atoms with E-state index in [9.17, 15) is 0 Å². The molecule has 0 spiro atoms. The summed E-state index contributed by atoms with van der Waals surface area (Å²) in [7, 11) is 0. The van der Waals surface area contributed by atoms with Crippen LogP contribution in [0.1, 0.15) is 82.5 Å². The minimum Gasteiger partial charge on any atom is -0.270 e. The van der Waals surface area contributed by atoms with Crippen molar-refractivity contribution in [1.29, 1.82) is 0 Å². The van der Waals surface area contributed by atoms with Gasteiger partial charge in [-0.1, -0.05) is 20.8 Å². The van der Waals surface area contributed by atoms with E-state index >= 15 is 0 Å². The molecular formula is C18H28N4. The van der Waals surface area contributed by atoms with Gasteiger partial charge in [0.2, 0.25) is 0 Å². The van der Waals surface area contributed by atoms with Gasteiger partial charge >= 0.3 is 0 Å². The highest BCUT2D eigenvalue weighted by Gasteiger charge is 2.40. The molecule has 2 aromatic rings. The fourth-order valence-corrected chi connectivity index (χ4v) is 3.12. The molecule has 0 bridgehead atoms. The van der Waals surface area contributed by atoms with Gasteiger partial charge < -0.3 is 0 Å². The van der Waals surface area contributed by atoms with Gasteiger partial charge in [0.25, 0.3) is 0 Å². The van der Waals surface area contributed by atoms with Crippen LogP contribution < -0.4 is 0 Å². The van der Waals surface area contributed by atoms with Gasteiger partial charge in [-0.2, -0.15) is 10.2 Å². The first-order chi connectivity index (χ1) is 10.5. The number of rotatable bonds is 6. The molecule has 0 saturated heterocycles. The number of hydrogen-bond acceptors (Lipinski definition) is 2. The summed E-state index contributed by atoms with van der Waals surface area (Å²) in [6, 6.07) is 1.04. The standard InChI is InChI=1S/C18H28N4/c1-12(2)16-8-20-22(10-16)18-7-15(18)6-14(5)17-9-19-21(11-17)13(3)4/h8-15,18H,6-7H2,1-5H3. The Morgan fingerprint density at radius 3 is 2.36 bits per heavy atom. The Bertz CT molecular complexity index is 623. The second-order valence-corrected chi connectivity index (χ2v) is 7.46. The molecule has 0 radical (unpaired) electrons. The van der Waals surface area contributed by atoms with Crippen molar-refractivity contribution >= 4 is 0 Å². The predicted molar refractivity (Wildman–Crippen MR) is 89.1 cm³/mol. The quantitative estimate of drug-likeness (QED) is 0.785. The van der Waals surface area contributed by atoms with E-state index < -0.39 is 0 Å². The summed E-state index contributed by atoms with van der Waals surface area (Å²) in [6.07, 6.45) is 11.0. The lowest BCUT2D eigenvalue weighted by molar-refractivity contribution is 0.523. The Kier molecular flexibility index (Phi) is 4.11. The van der Waals surface area contributed by atoms with Crippen LogP contribution in [0.5, 0.6) is 0 Å². The fourth-order valence-electron chi connectivity index (χ4n) is 3.12. The first kappa shape index (κ1) is 15.3. The topological polar surface area (TPSA) is 35.6 Å². The number of aromatic nitrogens is 4. The van der Waals surface area contributed by atoms with Gasteiger partial charge in [0.05, 0.1) is 18.4 Å². The third kappa shape index (κ3) is 3.11.